The van der Waals surface area contributed by atoms with Gasteiger partial charge in [-0.2, -0.15) is 0 Å². The normalized spacial score (nSPS) is 12.8. The van der Waals surface area contributed by atoms with Crippen molar-refractivity contribution in [2.45, 2.75) is 40.8 Å². The van der Waals surface area contributed by atoms with E-state index in [0.29, 0.717) is 49.0 Å². The molecule has 1 N–H and O–H groups in total. The highest BCUT2D eigenvalue weighted by molar-refractivity contribution is 5.98. The number of nitrogens with one attached hydrogen (secondary N) is 1. The maximum Gasteiger partial charge on any atom is 0.340 e. The number of hydrogen-bond acceptors (Lipinski definition) is 5. The van der Waals surface area contributed by atoms with Crippen molar-refractivity contribution in [2.75, 3.05) is 19.8 Å². The summed E-state index contributed by atoms with van der Waals surface area (Å²) in [7, 11) is 0. The Morgan fingerprint density at radius 2 is 1.93 bits per heavy atom. The van der Waals surface area contributed by atoms with Crippen LogP contribution in [0.2, 0.25) is 0 Å². The summed E-state index contributed by atoms with van der Waals surface area (Å²) in [4.78, 5) is 24.9. The van der Waals surface area contributed by atoms with Crippen molar-refractivity contribution in [2.24, 2.45) is 0 Å². The molecule has 160 valence electrons. The number of ether oxygens (including phenoxy) is 3. The maximum absolute atomic E-state index is 12.5. The number of hydrogen-bond donors (Lipinski definition) is 1. The molecule has 1 amide bonds. The molecular formula is C23H28N2O5. The van der Waals surface area contributed by atoms with E-state index in [2.05, 4.69) is 5.32 Å². The van der Waals surface area contributed by atoms with Gasteiger partial charge in [0.25, 0.3) is 0 Å². The average molecular weight is 412 g/mol. The molecule has 1 aliphatic rings. The Hall–Kier alpha value is -3.22. The predicted molar refractivity (Wildman–Crippen MR) is 114 cm³/mol. The van der Waals surface area contributed by atoms with Gasteiger partial charge in [0.2, 0.25) is 5.91 Å². The Morgan fingerprint density at radius 3 is 2.67 bits per heavy atom. The van der Waals surface area contributed by atoms with E-state index in [1.165, 1.54) is 6.08 Å². The van der Waals surface area contributed by atoms with Crippen LogP contribution < -0.4 is 14.8 Å². The summed E-state index contributed by atoms with van der Waals surface area (Å²) in [6.45, 7) is 9.96. The molecule has 1 aromatic carbocycles. The summed E-state index contributed by atoms with van der Waals surface area (Å²) in [5.74, 6) is 0.720. The molecule has 0 fully saturated rings. The summed E-state index contributed by atoms with van der Waals surface area (Å²) in [5, 5.41) is 2.86. The van der Waals surface area contributed by atoms with Crippen molar-refractivity contribution in [3.05, 3.63) is 52.4 Å². The second-order valence-corrected chi connectivity index (χ2v) is 6.92. The van der Waals surface area contributed by atoms with E-state index in [9.17, 15) is 9.59 Å². The van der Waals surface area contributed by atoms with Crippen molar-refractivity contribution in [1.82, 2.24) is 9.88 Å². The van der Waals surface area contributed by atoms with Crippen molar-refractivity contribution >= 4 is 18.0 Å². The molecule has 0 spiro atoms. The molecule has 0 saturated heterocycles. The van der Waals surface area contributed by atoms with E-state index in [1.54, 1.807) is 13.0 Å². The number of benzene rings is 1. The lowest BCUT2D eigenvalue weighted by Gasteiger charge is -2.20. The summed E-state index contributed by atoms with van der Waals surface area (Å²) < 4.78 is 18.5. The minimum Gasteiger partial charge on any atom is -0.486 e. The number of nitrogens with zero attached hydrogens (tertiary/aromatic N) is 1. The highest BCUT2D eigenvalue weighted by Crippen LogP contribution is 2.33. The van der Waals surface area contributed by atoms with Crippen molar-refractivity contribution in [3.63, 3.8) is 0 Å². The van der Waals surface area contributed by atoms with Gasteiger partial charge < -0.3 is 24.1 Å². The number of aromatic nitrogens is 1. The van der Waals surface area contributed by atoms with Gasteiger partial charge in [0.1, 0.15) is 13.2 Å². The second-order valence-electron chi connectivity index (χ2n) is 6.92. The zero-order valence-electron chi connectivity index (χ0n) is 17.9. The molecule has 0 unspecified atom stereocenters. The predicted octanol–water partition coefficient (Wildman–Crippen LogP) is 3.40. The number of esters is 1. The first-order valence-electron chi connectivity index (χ1n) is 10.2. The maximum atomic E-state index is 12.5. The van der Waals surface area contributed by atoms with Crippen LogP contribution in [0.3, 0.4) is 0 Å². The summed E-state index contributed by atoms with van der Waals surface area (Å²) in [6.07, 6.45) is 3.12. The largest absolute Gasteiger partial charge is 0.486 e. The lowest BCUT2D eigenvalue weighted by molar-refractivity contribution is -0.116. The molecule has 0 bridgehead atoms. The number of amides is 1. The van der Waals surface area contributed by atoms with Crippen LogP contribution in [0, 0.1) is 13.8 Å². The van der Waals surface area contributed by atoms with Crippen LogP contribution in [0.4, 0.5) is 0 Å². The minimum atomic E-state index is -0.376. The van der Waals surface area contributed by atoms with E-state index >= 15 is 0 Å². The summed E-state index contributed by atoms with van der Waals surface area (Å²) >= 11 is 0. The topological polar surface area (TPSA) is 78.8 Å². The summed E-state index contributed by atoms with van der Waals surface area (Å²) in [5.41, 5.74) is 3.82. The minimum absolute atomic E-state index is 0.263. The van der Waals surface area contributed by atoms with Gasteiger partial charge in [-0.1, -0.05) is 12.1 Å². The van der Waals surface area contributed by atoms with Gasteiger partial charge in [0.15, 0.2) is 11.5 Å². The van der Waals surface area contributed by atoms with Gasteiger partial charge in [-0.3, -0.25) is 4.79 Å². The lowest BCUT2D eigenvalue weighted by atomic mass is 10.1. The number of carbonyl (C=O) groups is 2. The molecule has 7 heteroatoms. The lowest BCUT2D eigenvalue weighted by Crippen LogP contribution is -2.22. The van der Waals surface area contributed by atoms with Crippen LogP contribution in [0.1, 0.15) is 46.7 Å². The number of fused-ring (bicyclic) bond motifs is 1. The zero-order chi connectivity index (χ0) is 21.7. The molecular weight excluding hydrogens is 384 g/mol. The Balaban J connectivity index is 1.76. The van der Waals surface area contributed by atoms with Crippen molar-refractivity contribution in [3.8, 4) is 11.5 Å². The number of carbonyl (C=O) groups excluding carboxylic acids is 2. The Bertz CT molecular complexity index is 974. The van der Waals surface area contributed by atoms with Crippen LogP contribution in [0.15, 0.2) is 24.3 Å². The average Bonchev–Trinajstić information content (AvgIpc) is 2.99. The third-order valence-electron chi connectivity index (χ3n) is 5.13. The molecule has 30 heavy (non-hydrogen) atoms. The third-order valence-corrected chi connectivity index (χ3v) is 5.13. The first kappa shape index (κ1) is 21.5. The van der Waals surface area contributed by atoms with Gasteiger partial charge in [-0.05, 0) is 39.8 Å². The van der Waals surface area contributed by atoms with Gasteiger partial charge in [-0.15, -0.1) is 0 Å². The molecule has 0 aliphatic carbocycles. The van der Waals surface area contributed by atoms with E-state index in [-0.39, 0.29) is 11.9 Å². The molecule has 0 saturated carbocycles. The van der Waals surface area contributed by atoms with Gasteiger partial charge in [-0.25, -0.2) is 4.79 Å². The monoisotopic (exact) mass is 412 g/mol. The van der Waals surface area contributed by atoms with Gasteiger partial charge in [0, 0.05) is 41.7 Å². The van der Waals surface area contributed by atoms with Crippen molar-refractivity contribution < 1.29 is 23.8 Å². The molecule has 2 aromatic rings. The molecule has 0 radical (unpaired) electrons. The molecule has 2 heterocycles. The molecule has 0 atom stereocenters. The quantitative estimate of drug-likeness (QED) is 0.557. The van der Waals surface area contributed by atoms with Crippen LogP contribution in [0.5, 0.6) is 11.5 Å². The van der Waals surface area contributed by atoms with E-state index in [0.717, 1.165) is 23.5 Å². The van der Waals surface area contributed by atoms with E-state index in [4.69, 9.17) is 14.2 Å². The Labute approximate surface area is 176 Å². The Morgan fingerprint density at radius 1 is 1.17 bits per heavy atom. The van der Waals surface area contributed by atoms with Gasteiger partial charge >= 0.3 is 5.97 Å². The van der Waals surface area contributed by atoms with E-state index in [1.807, 2.05) is 43.5 Å². The number of para-hydroxylation sites is 1. The Kier molecular flexibility index (Phi) is 6.82. The molecule has 3 rings (SSSR count). The smallest absolute Gasteiger partial charge is 0.340 e. The van der Waals surface area contributed by atoms with Gasteiger partial charge in [0.05, 0.1) is 12.2 Å². The highest BCUT2D eigenvalue weighted by Gasteiger charge is 2.22. The second kappa shape index (κ2) is 9.52. The van der Waals surface area contributed by atoms with Crippen LogP contribution >= 0.6 is 0 Å². The third kappa shape index (κ3) is 4.35. The molecule has 1 aromatic heterocycles. The first-order valence-corrected chi connectivity index (χ1v) is 10.2. The zero-order valence-corrected chi connectivity index (χ0v) is 17.9. The number of rotatable bonds is 7. The molecule has 1 aliphatic heterocycles. The van der Waals surface area contributed by atoms with Crippen LogP contribution in [-0.4, -0.2) is 36.3 Å². The fraction of sp³-hybridized carbons (Fsp3) is 0.391. The SMILES string of the molecule is CCOC(=O)c1c(/C=C/C(=O)NCc2cccc3c2OCCO3)c(C)n(CC)c1C. The van der Waals surface area contributed by atoms with Crippen LogP contribution in [-0.2, 0) is 22.6 Å². The van der Waals surface area contributed by atoms with E-state index < -0.39 is 0 Å². The fourth-order valence-corrected chi connectivity index (χ4v) is 3.72. The fourth-order valence-electron chi connectivity index (χ4n) is 3.72. The molecule has 7 nitrogen and oxygen atoms in total. The standard InChI is InChI=1S/C23H28N2O5/c1-5-25-15(3)18(21(16(25)4)23(27)28-6-2)10-11-20(26)24-14-17-8-7-9-19-22(17)30-13-12-29-19/h7-11H,5-6,12-14H2,1-4H3,(H,24,26)/b11-10+. The summed E-state index contributed by atoms with van der Waals surface area (Å²) in [6, 6.07) is 5.61. The first-order chi connectivity index (χ1) is 14.5. The highest BCUT2D eigenvalue weighted by atomic mass is 16.6. The van der Waals surface area contributed by atoms with Crippen LogP contribution in [0.25, 0.3) is 6.08 Å². The van der Waals surface area contributed by atoms with Crippen molar-refractivity contribution in [1.29, 1.82) is 0 Å².